The Kier molecular flexibility index (Phi) is 4.53. The maximum Gasteiger partial charge on any atom is 0.157 e. The Hall–Kier alpha value is -2.00. The van der Waals surface area contributed by atoms with Crippen LogP contribution in [0, 0.1) is 41.5 Å². The van der Waals surface area contributed by atoms with Crippen LogP contribution in [-0.4, -0.2) is 0 Å². The van der Waals surface area contributed by atoms with Crippen molar-refractivity contribution in [3.05, 3.63) is 57.6 Å². The molecular weight excluding hydrogens is 262 g/mol. The van der Waals surface area contributed by atoms with Crippen molar-refractivity contribution in [1.82, 2.24) is 5.64 Å². The topological polar surface area (TPSA) is 30.5 Å². The monoisotopic (exact) mass is 285 g/mol. The zero-order valence-electron chi connectivity index (χ0n) is 13.6. The fourth-order valence-corrected chi connectivity index (χ4v) is 2.76. The van der Waals surface area contributed by atoms with Crippen LogP contribution in [0.4, 0.5) is 0 Å². The van der Waals surface area contributed by atoms with E-state index in [1.54, 1.807) is 0 Å². The highest BCUT2D eigenvalue weighted by Crippen LogP contribution is 2.26. The molecule has 1 N–H and O–H groups in total. The number of hydrogen-bond donors (Lipinski definition) is 1. The molecule has 21 heavy (non-hydrogen) atoms. The van der Waals surface area contributed by atoms with Crippen LogP contribution in [0.25, 0.3) is 0 Å². The molecule has 0 unspecified atom stereocenters. The second-order valence-electron chi connectivity index (χ2n) is 5.74. The minimum absolute atomic E-state index is 0.808. The Morgan fingerprint density at radius 1 is 0.571 bits per heavy atom. The van der Waals surface area contributed by atoms with Crippen molar-refractivity contribution in [2.75, 3.05) is 0 Å². The predicted molar refractivity (Wildman–Crippen MR) is 85.7 cm³/mol. The summed E-state index contributed by atoms with van der Waals surface area (Å²) in [4.78, 5) is 11.2. The van der Waals surface area contributed by atoms with Gasteiger partial charge >= 0.3 is 0 Å². The van der Waals surface area contributed by atoms with Gasteiger partial charge in [-0.2, -0.15) is 0 Å². The molecule has 2 aromatic carbocycles. The standard InChI is InChI=1S/C18H23NO2/c1-11-7-13(3)17(14(4)8-11)20-19-21-18-15(5)9-12(2)10-16(18)6/h7-10,19H,1-6H3. The van der Waals surface area contributed by atoms with Crippen molar-refractivity contribution in [3.63, 3.8) is 0 Å². The van der Waals surface area contributed by atoms with Crippen LogP contribution in [0.15, 0.2) is 24.3 Å². The van der Waals surface area contributed by atoms with Gasteiger partial charge in [0.2, 0.25) is 0 Å². The van der Waals surface area contributed by atoms with Crippen molar-refractivity contribution in [3.8, 4) is 11.5 Å². The Labute approximate surface area is 126 Å². The maximum atomic E-state index is 5.59. The highest BCUT2D eigenvalue weighted by Gasteiger charge is 2.08. The third-order valence-electron chi connectivity index (χ3n) is 3.50. The first-order chi connectivity index (χ1) is 9.88. The van der Waals surface area contributed by atoms with Gasteiger partial charge in [-0.1, -0.05) is 35.4 Å². The molecule has 0 spiro atoms. The molecule has 2 aromatic rings. The summed E-state index contributed by atoms with van der Waals surface area (Å²) in [6.07, 6.45) is 0. The van der Waals surface area contributed by atoms with Crippen LogP contribution in [0.1, 0.15) is 33.4 Å². The van der Waals surface area contributed by atoms with E-state index in [0.29, 0.717) is 0 Å². The van der Waals surface area contributed by atoms with Gasteiger partial charge in [-0.05, 0) is 63.8 Å². The normalized spacial score (nSPS) is 10.6. The summed E-state index contributed by atoms with van der Waals surface area (Å²) in [5, 5.41) is 0. The maximum absolute atomic E-state index is 5.59. The van der Waals surface area contributed by atoms with Crippen LogP contribution in [0.2, 0.25) is 0 Å². The van der Waals surface area contributed by atoms with E-state index in [0.717, 1.165) is 33.8 Å². The second kappa shape index (κ2) is 6.19. The zero-order valence-corrected chi connectivity index (χ0v) is 13.6. The SMILES string of the molecule is Cc1cc(C)c(ONOc2c(C)cc(C)cc2C)c(C)c1. The molecule has 2 rings (SSSR count). The fourth-order valence-electron chi connectivity index (χ4n) is 2.76. The summed E-state index contributed by atoms with van der Waals surface area (Å²) in [7, 11) is 0. The molecule has 0 aliphatic heterocycles. The number of nitrogens with one attached hydrogen (secondary N) is 1. The quantitative estimate of drug-likeness (QED) is 0.844. The van der Waals surface area contributed by atoms with Crippen LogP contribution >= 0.6 is 0 Å². The second-order valence-corrected chi connectivity index (χ2v) is 5.74. The van der Waals surface area contributed by atoms with Gasteiger partial charge in [-0.3, -0.25) is 0 Å². The first kappa shape index (κ1) is 15.4. The largest absolute Gasteiger partial charge is 0.373 e. The summed E-state index contributed by atoms with van der Waals surface area (Å²) >= 11 is 0. The van der Waals surface area contributed by atoms with Gasteiger partial charge < -0.3 is 9.68 Å². The van der Waals surface area contributed by atoms with E-state index < -0.39 is 0 Å². The number of aryl methyl sites for hydroxylation is 6. The third-order valence-corrected chi connectivity index (χ3v) is 3.50. The van der Waals surface area contributed by atoms with E-state index in [-0.39, 0.29) is 0 Å². The van der Waals surface area contributed by atoms with Crippen molar-refractivity contribution < 1.29 is 9.68 Å². The Morgan fingerprint density at radius 3 is 1.14 bits per heavy atom. The van der Waals surface area contributed by atoms with E-state index in [9.17, 15) is 0 Å². The highest BCUT2D eigenvalue weighted by atomic mass is 16.9. The molecular formula is C18H23NO2. The van der Waals surface area contributed by atoms with E-state index in [1.807, 2.05) is 27.7 Å². The number of benzene rings is 2. The number of rotatable bonds is 4. The summed E-state index contributed by atoms with van der Waals surface area (Å²) in [5.74, 6) is 1.62. The molecule has 112 valence electrons. The molecule has 3 nitrogen and oxygen atoms in total. The summed E-state index contributed by atoms with van der Waals surface area (Å²) in [5.41, 5.74) is 9.41. The molecule has 0 aliphatic rings. The van der Waals surface area contributed by atoms with Gasteiger partial charge in [-0.25, -0.2) is 0 Å². The molecule has 0 aliphatic carbocycles. The molecule has 0 saturated heterocycles. The van der Waals surface area contributed by atoms with E-state index in [1.165, 1.54) is 11.1 Å². The lowest BCUT2D eigenvalue weighted by molar-refractivity contribution is -0.0212. The average molecular weight is 285 g/mol. The van der Waals surface area contributed by atoms with E-state index >= 15 is 0 Å². The van der Waals surface area contributed by atoms with Crippen molar-refractivity contribution in [2.45, 2.75) is 41.5 Å². The zero-order chi connectivity index (χ0) is 15.6. The number of hydrogen-bond acceptors (Lipinski definition) is 3. The van der Waals surface area contributed by atoms with Gasteiger partial charge in [-0.15, -0.1) is 0 Å². The summed E-state index contributed by atoms with van der Waals surface area (Å²) in [6, 6.07) is 8.36. The molecule has 0 aromatic heterocycles. The van der Waals surface area contributed by atoms with Gasteiger partial charge in [0.05, 0.1) is 0 Å². The van der Waals surface area contributed by atoms with Crippen LogP contribution in [-0.2, 0) is 0 Å². The van der Waals surface area contributed by atoms with Crippen LogP contribution in [0.3, 0.4) is 0 Å². The van der Waals surface area contributed by atoms with Crippen molar-refractivity contribution in [1.29, 1.82) is 0 Å². The average Bonchev–Trinajstić information content (AvgIpc) is 2.34. The van der Waals surface area contributed by atoms with Gasteiger partial charge in [0, 0.05) is 5.64 Å². The molecule has 0 saturated carbocycles. The molecule has 0 radical (unpaired) electrons. The lowest BCUT2D eigenvalue weighted by Crippen LogP contribution is -2.24. The van der Waals surface area contributed by atoms with Gasteiger partial charge in [0.1, 0.15) is 0 Å². The highest BCUT2D eigenvalue weighted by molar-refractivity contribution is 5.44. The Morgan fingerprint density at radius 2 is 0.857 bits per heavy atom. The lowest BCUT2D eigenvalue weighted by atomic mass is 10.1. The minimum atomic E-state index is 0.808. The molecule has 3 heteroatoms. The van der Waals surface area contributed by atoms with Crippen LogP contribution < -0.4 is 15.3 Å². The third kappa shape index (κ3) is 3.56. The van der Waals surface area contributed by atoms with Gasteiger partial charge in [0.25, 0.3) is 0 Å². The van der Waals surface area contributed by atoms with E-state index in [4.69, 9.17) is 9.68 Å². The first-order valence-electron chi connectivity index (χ1n) is 7.13. The van der Waals surface area contributed by atoms with Crippen molar-refractivity contribution in [2.24, 2.45) is 0 Å². The molecule has 0 amide bonds. The molecule has 0 atom stereocenters. The summed E-state index contributed by atoms with van der Waals surface area (Å²) < 4.78 is 0. The smallest absolute Gasteiger partial charge is 0.157 e. The lowest BCUT2D eigenvalue weighted by Gasteiger charge is -2.15. The summed E-state index contributed by atoms with van der Waals surface area (Å²) in [6.45, 7) is 12.3. The molecule has 0 fully saturated rings. The fraction of sp³-hybridized carbons (Fsp3) is 0.333. The molecule has 0 bridgehead atoms. The first-order valence-corrected chi connectivity index (χ1v) is 7.13. The Balaban J connectivity index is 2.09. The van der Waals surface area contributed by atoms with Gasteiger partial charge in [0.15, 0.2) is 11.5 Å². The predicted octanol–water partition coefficient (Wildman–Crippen LogP) is 4.41. The molecule has 0 heterocycles. The van der Waals surface area contributed by atoms with Crippen molar-refractivity contribution >= 4 is 0 Å². The Bertz CT molecular complexity index is 559. The van der Waals surface area contributed by atoms with E-state index in [2.05, 4.69) is 43.8 Å². The minimum Gasteiger partial charge on any atom is -0.373 e. The van der Waals surface area contributed by atoms with Crippen LogP contribution in [0.5, 0.6) is 11.5 Å².